The van der Waals surface area contributed by atoms with E-state index in [1.54, 1.807) is 117 Å². The van der Waals surface area contributed by atoms with Crippen molar-refractivity contribution in [3.63, 3.8) is 0 Å². The fraction of sp³-hybridized carbons (Fsp3) is 0.434. The van der Waals surface area contributed by atoms with E-state index in [0.717, 1.165) is 111 Å². The van der Waals surface area contributed by atoms with Crippen LogP contribution in [0.3, 0.4) is 0 Å². The van der Waals surface area contributed by atoms with Gasteiger partial charge in [0.25, 0.3) is 17.7 Å². The number of piperidine rings is 3. The zero-order valence-corrected chi connectivity index (χ0v) is 73.0. The quantitative estimate of drug-likeness (QED) is 0.0623. The maximum Gasteiger partial charge on any atom is 0.259 e. The number of benzene rings is 3. The van der Waals surface area contributed by atoms with E-state index in [2.05, 4.69) is 46.4 Å². The van der Waals surface area contributed by atoms with Crippen molar-refractivity contribution in [3.8, 4) is 0 Å². The molecule has 6 atom stereocenters. The van der Waals surface area contributed by atoms with Gasteiger partial charge in [0.1, 0.15) is 51.4 Å². The number of rotatable bonds is 12. The van der Waals surface area contributed by atoms with E-state index >= 15 is 0 Å². The number of aryl methyl sites for hydroxylation is 3. The van der Waals surface area contributed by atoms with Crippen LogP contribution in [0, 0.1) is 50.5 Å². The predicted molar refractivity (Wildman–Crippen MR) is 387 cm³/mol. The SMILES string of the molecule is Cc1cccnc1N(C(=O)c1ccc(C2=NOC(C)(C)C2(C)O)cc1)[C@@H]1CCCNC1.Cc1cccnc1N(C(=O)c1ccc(C2=NOC(C)(C)[C@@]2(C)O)cc1)[C@@H]1CCCNC1.Cc1cccnc1N(C(=O)c1ccc(C2=NOC(C)(C)[C@]2(C)O)cc1)[C@@H]1CCCNC1.[CH3-].[CH3-].[CH3-].[CH3-].[W].[W].[W].[W]. The van der Waals surface area contributed by atoms with Gasteiger partial charge in [-0.25, -0.2) is 15.0 Å². The molecule has 6 aliphatic heterocycles. The molecule has 25 heteroatoms. The Morgan fingerprint density at radius 1 is 0.396 bits per heavy atom. The summed E-state index contributed by atoms with van der Waals surface area (Å²) in [6.07, 6.45) is 11.0. The summed E-state index contributed by atoms with van der Waals surface area (Å²) in [5.41, 5.74) is 2.02. The first-order valence-corrected chi connectivity index (χ1v) is 32.3. The first-order valence-electron chi connectivity index (χ1n) is 32.3. The molecule has 3 fully saturated rings. The normalized spacial score (nSPS) is 23.0. The van der Waals surface area contributed by atoms with Crippen LogP contribution in [0.15, 0.2) is 143 Å². The van der Waals surface area contributed by atoms with Crippen LogP contribution in [0.2, 0.25) is 0 Å². The van der Waals surface area contributed by atoms with Gasteiger partial charge in [-0.2, -0.15) is 0 Å². The zero-order chi connectivity index (χ0) is 66.7. The van der Waals surface area contributed by atoms with Crippen LogP contribution in [0.5, 0.6) is 0 Å². The van der Waals surface area contributed by atoms with E-state index in [4.69, 9.17) is 14.5 Å². The fourth-order valence-corrected chi connectivity index (χ4v) is 12.3. The summed E-state index contributed by atoms with van der Waals surface area (Å²) in [5.74, 6) is 1.84. The number of nitrogens with zero attached hydrogens (tertiary/aromatic N) is 9. The van der Waals surface area contributed by atoms with E-state index in [1.165, 1.54) is 0 Å². The second kappa shape index (κ2) is 37.9. The van der Waals surface area contributed by atoms with Crippen LogP contribution in [0.25, 0.3) is 0 Å². The molecule has 6 N–H and O–H groups in total. The Hall–Kier alpha value is -5.56. The van der Waals surface area contributed by atoms with E-state index in [9.17, 15) is 29.7 Å². The number of hydrogen-bond acceptors (Lipinski definition) is 18. The van der Waals surface area contributed by atoms with Crippen molar-refractivity contribution >= 4 is 52.3 Å². The molecule has 0 radical (unpaired) electrons. The third kappa shape index (κ3) is 19.3. The molecule has 1 unspecified atom stereocenters. The molecule has 6 aromatic rings. The van der Waals surface area contributed by atoms with Gasteiger partial charge < -0.3 is 75.5 Å². The molecule has 0 saturated carbocycles. The average molecular weight is 2060 g/mol. The largest absolute Gasteiger partial charge is 0.386 e. The first kappa shape index (κ1) is 91.5. The fourth-order valence-electron chi connectivity index (χ4n) is 12.3. The number of aliphatic hydroxyl groups is 3. The molecule has 0 spiro atoms. The molecular weight excluding hydrogens is 1960 g/mol. The van der Waals surface area contributed by atoms with Crippen molar-refractivity contribution in [3.05, 3.63) is 208 Å². The molecule has 0 aliphatic carbocycles. The van der Waals surface area contributed by atoms with Gasteiger partial charge in [-0.15, -0.1) is 0 Å². The summed E-state index contributed by atoms with van der Waals surface area (Å²) in [5, 5.41) is 55.2. The molecule has 9 heterocycles. The van der Waals surface area contributed by atoms with Crippen molar-refractivity contribution in [1.82, 2.24) is 30.9 Å². The number of oxime groups is 3. The number of carbonyl (C=O) groups excluding carboxylic acids is 3. The van der Waals surface area contributed by atoms with E-state index in [0.29, 0.717) is 51.3 Å². The topological polar surface area (TPSA) is 261 Å². The molecule has 3 saturated heterocycles. The summed E-state index contributed by atoms with van der Waals surface area (Å²) in [6, 6.07) is 33.3. The van der Waals surface area contributed by atoms with Crippen molar-refractivity contribution in [2.75, 3.05) is 54.0 Å². The van der Waals surface area contributed by atoms with Crippen molar-refractivity contribution in [1.29, 1.82) is 0 Å². The van der Waals surface area contributed by atoms with E-state index in [1.807, 2.05) is 108 Å². The van der Waals surface area contributed by atoms with Crippen molar-refractivity contribution in [2.24, 2.45) is 15.5 Å². The number of hydrogen-bond donors (Lipinski definition) is 6. The second-order valence-corrected chi connectivity index (χ2v) is 27.0. The third-order valence-electron chi connectivity index (χ3n) is 19.4. The Bertz CT molecular complexity index is 3390. The summed E-state index contributed by atoms with van der Waals surface area (Å²) >= 11 is 0. The van der Waals surface area contributed by atoms with Gasteiger partial charge >= 0.3 is 0 Å². The number of amides is 3. The van der Waals surface area contributed by atoms with Gasteiger partial charge in [0.15, 0.2) is 16.8 Å². The van der Waals surface area contributed by atoms with Gasteiger partial charge in [-0.1, -0.05) is 70.1 Å². The Morgan fingerprint density at radius 2 is 0.624 bits per heavy atom. The zero-order valence-electron chi connectivity index (χ0n) is 61.3. The number of nitrogens with one attached hydrogen (secondary N) is 3. The standard InChI is InChI=1S/3C24H30N4O3.4CH3.4W/c3*1-16-7-5-14-26-21(16)28(19-8-6-13-25-15-19)22(29)18-11-9-17(10-12-18)20-24(4,30)23(2,3)31-27-20;;;;;;;;/h3*5,7,9-12,14,19,25,30H,6,8,13,15H2,1-4H3;4*1H3;;;;/q;;;4*-1;;;;/t19-,24?;19-,24+;19-,24-;;;;;;;;/m111......../s1. The molecule has 0 bridgehead atoms. The minimum absolute atomic E-state index is 0. The molecule has 6 aliphatic rings. The Balaban J connectivity index is 0.000000495. The summed E-state index contributed by atoms with van der Waals surface area (Å²) in [6.45, 7) is 26.9. The molecule has 101 heavy (non-hydrogen) atoms. The molecule has 3 amide bonds. The van der Waals surface area contributed by atoms with Crippen molar-refractivity contribution < 1.29 is 128 Å². The molecule has 12 rings (SSSR count). The monoisotopic (exact) mass is 2060 g/mol. The number of pyridine rings is 3. The van der Waals surface area contributed by atoms with Gasteiger partial charge in [0, 0.05) is 156 Å². The maximum absolute atomic E-state index is 13.6. The third-order valence-corrected chi connectivity index (χ3v) is 19.4. The van der Waals surface area contributed by atoms with Gasteiger partial charge in [-0.05, 0) is 213 Å². The smallest absolute Gasteiger partial charge is 0.259 e. The Morgan fingerprint density at radius 3 is 0.802 bits per heavy atom. The summed E-state index contributed by atoms with van der Waals surface area (Å²) in [4.78, 5) is 76.2. The van der Waals surface area contributed by atoms with Crippen molar-refractivity contribution in [2.45, 2.75) is 173 Å². The number of anilines is 3. The van der Waals surface area contributed by atoms with Gasteiger partial charge in [0.2, 0.25) is 0 Å². The van der Waals surface area contributed by atoms with Crippen LogP contribution >= 0.6 is 0 Å². The number of carbonyl (C=O) groups is 3. The van der Waals surface area contributed by atoms with Crippen LogP contribution in [0.4, 0.5) is 17.5 Å². The van der Waals surface area contributed by atoms with Crippen LogP contribution in [-0.4, -0.2) is 156 Å². The first-order chi connectivity index (χ1) is 44.2. The average Bonchev–Trinajstić information content (AvgIpc) is 1.63. The molecule has 548 valence electrons. The van der Waals surface area contributed by atoms with Gasteiger partial charge in [-0.3, -0.25) is 29.1 Å². The van der Waals surface area contributed by atoms with Crippen LogP contribution in [-0.2, 0) is 98.8 Å². The molecule has 21 nitrogen and oxygen atoms in total. The Labute approximate surface area is 656 Å². The Kier molecular flexibility index (Phi) is 34.4. The number of aromatic nitrogens is 3. The second-order valence-electron chi connectivity index (χ2n) is 27.0. The minimum Gasteiger partial charge on any atom is -0.386 e. The maximum atomic E-state index is 13.6. The van der Waals surface area contributed by atoms with E-state index in [-0.39, 0.29) is 150 Å². The molecule has 3 aromatic carbocycles. The van der Waals surface area contributed by atoms with Crippen LogP contribution in [0.1, 0.15) is 165 Å². The van der Waals surface area contributed by atoms with Crippen LogP contribution < -0.4 is 30.7 Å². The minimum atomic E-state index is -1.23. The van der Waals surface area contributed by atoms with E-state index < -0.39 is 33.6 Å². The van der Waals surface area contributed by atoms with Gasteiger partial charge in [0.05, 0.1) is 18.1 Å². The summed E-state index contributed by atoms with van der Waals surface area (Å²) in [7, 11) is 0. The predicted octanol–water partition coefficient (Wildman–Crippen LogP) is 10.9. The molecule has 3 aromatic heterocycles. The summed E-state index contributed by atoms with van der Waals surface area (Å²) < 4.78 is 0. The molecular formula is C76H102N12O9W4-4.